The number of aromatic nitrogens is 4. The Labute approximate surface area is 147 Å². The van der Waals surface area contributed by atoms with Gasteiger partial charge in [0.25, 0.3) is 5.89 Å². The number of hydrogen-bond acceptors (Lipinski definition) is 5. The van der Waals surface area contributed by atoms with Gasteiger partial charge < -0.3 is 9.42 Å². The second kappa shape index (κ2) is 6.98. The molecule has 134 valence electrons. The number of likely N-dealkylation sites (tertiary alicyclic amines) is 1. The number of carbonyl (C=O) groups excluding carboxylic acids is 1. The van der Waals surface area contributed by atoms with Gasteiger partial charge in [-0.25, -0.2) is 0 Å². The molecule has 7 nitrogen and oxygen atoms in total. The highest BCUT2D eigenvalue weighted by Crippen LogP contribution is 2.34. The molecule has 1 saturated carbocycles. The number of aryl methyl sites for hydroxylation is 1. The first-order valence-corrected chi connectivity index (χ1v) is 9.35. The molecule has 1 atom stereocenters. The number of nitrogens with zero attached hydrogens (tertiary/aromatic N) is 5. The summed E-state index contributed by atoms with van der Waals surface area (Å²) >= 11 is 0. The van der Waals surface area contributed by atoms with E-state index in [1.807, 2.05) is 18.1 Å². The largest absolute Gasteiger partial charge is 0.334 e. The monoisotopic (exact) mass is 343 g/mol. The molecular weight excluding hydrogens is 318 g/mol. The second-order valence-corrected chi connectivity index (χ2v) is 7.24. The van der Waals surface area contributed by atoms with Gasteiger partial charge in [-0.2, -0.15) is 10.1 Å². The van der Waals surface area contributed by atoms with Crippen LogP contribution < -0.4 is 0 Å². The van der Waals surface area contributed by atoms with E-state index in [0.29, 0.717) is 11.7 Å². The van der Waals surface area contributed by atoms with Crippen molar-refractivity contribution in [3.63, 3.8) is 0 Å². The molecule has 4 rings (SSSR count). The molecule has 1 saturated heterocycles. The summed E-state index contributed by atoms with van der Waals surface area (Å²) in [6, 6.07) is -0.0650. The van der Waals surface area contributed by atoms with Gasteiger partial charge in [-0.15, -0.1) is 0 Å². The molecule has 0 bridgehead atoms. The van der Waals surface area contributed by atoms with Crippen LogP contribution in [0.25, 0.3) is 11.5 Å². The van der Waals surface area contributed by atoms with Gasteiger partial charge >= 0.3 is 0 Å². The first-order chi connectivity index (χ1) is 12.2. The van der Waals surface area contributed by atoms with Crippen molar-refractivity contribution in [1.29, 1.82) is 0 Å². The average molecular weight is 343 g/mol. The van der Waals surface area contributed by atoms with Gasteiger partial charge in [0.1, 0.15) is 0 Å². The van der Waals surface area contributed by atoms with Gasteiger partial charge in [0, 0.05) is 25.7 Å². The maximum atomic E-state index is 13.0. The number of rotatable bonds is 3. The van der Waals surface area contributed by atoms with Crippen molar-refractivity contribution in [3.05, 3.63) is 18.2 Å². The van der Waals surface area contributed by atoms with E-state index in [4.69, 9.17) is 4.52 Å². The molecule has 1 unspecified atom stereocenters. The standard InChI is InChI=1S/C18H25N5O2/c1-22-12-14(11-19-22)17-20-16(21-25-17)15-9-3-2-6-10-23(15)18(24)13-7-4-5-8-13/h11-13,15H,2-10H2,1H3. The van der Waals surface area contributed by atoms with Crippen molar-refractivity contribution >= 4 is 5.91 Å². The highest BCUT2D eigenvalue weighted by Gasteiger charge is 2.35. The Hall–Kier alpha value is -2.18. The van der Waals surface area contributed by atoms with E-state index in [9.17, 15) is 4.79 Å². The van der Waals surface area contributed by atoms with Gasteiger partial charge in [0.05, 0.1) is 17.8 Å². The quantitative estimate of drug-likeness (QED) is 0.856. The Kier molecular flexibility index (Phi) is 4.55. The first kappa shape index (κ1) is 16.3. The Morgan fingerprint density at radius 2 is 1.96 bits per heavy atom. The van der Waals surface area contributed by atoms with E-state index in [1.54, 1.807) is 10.9 Å². The normalized spacial score (nSPS) is 22.3. The summed E-state index contributed by atoms with van der Waals surface area (Å²) < 4.78 is 7.17. The molecule has 2 aliphatic rings. The summed E-state index contributed by atoms with van der Waals surface area (Å²) in [6.45, 7) is 0.802. The zero-order chi connectivity index (χ0) is 17.2. The molecule has 0 spiro atoms. The summed E-state index contributed by atoms with van der Waals surface area (Å²) in [5.74, 6) is 1.58. The van der Waals surface area contributed by atoms with Gasteiger partial charge in [-0.1, -0.05) is 30.8 Å². The minimum atomic E-state index is -0.0650. The van der Waals surface area contributed by atoms with Gasteiger partial charge in [0.2, 0.25) is 5.91 Å². The van der Waals surface area contributed by atoms with E-state index < -0.39 is 0 Å². The molecule has 2 aromatic rings. The Morgan fingerprint density at radius 1 is 1.16 bits per heavy atom. The lowest BCUT2D eigenvalue weighted by molar-refractivity contribution is -0.138. The van der Waals surface area contributed by atoms with Crippen LogP contribution in [0.5, 0.6) is 0 Å². The highest BCUT2D eigenvalue weighted by atomic mass is 16.5. The minimum absolute atomic E-state index is 0.0650. The lowest BCUT2D eigenvalue weighted by Crippen LogP contribution is -2.38. The Morgan fingerprint density at radius 3 is 2.72 bits per heavy atom. The van der Waals surface area contributed by atoms with Crippen LogP contribution >= 0.6 is 0 Å². The van der Waals surface area contributed by atoms with Crippen molar-refractivity contribution in [1.82, 2.24) is 24.8 Å². The summed E-state index contributed by atoms with van der Waals surface area (Å²) in [7, 11) is 1.86. The molecule has 2 aromatic heterocycles. The number of amides is 1. The van der Waals surface area contributed by atoms with Crippen LogP contribution in [0.2, 0.25) is 0 Å². The van der Waals surface area contributed by atoms with Gasteiger partial charge in [-0.3, -0.25) is 9.48 Å². The van der Waals surface area contributed by atoms with Crippen molar-refractivity contribution in [3.8, 4) is 11.5 Å². The molecule has 3 heterocycles. The van der Waals surface area contributed by atoms with Crippen LogP contribution in [-0.2, 0) is 11.8 Å². The minimum Gasteiger partial charge on any atom is -0.334 e. The molecule has 7 heteroatoms. The molecule has 25 heavy (non-hydrogen) atoms. The smallest absolute Gasteiger partial charge is 0.261 e. The maximum Gasteiger partial charge on any atom is 0.261 e. The summed E-state index contributed by atoms with van der Waals surface area (Å²) in [6.07, 6.45) is 12.2. The molecule has 0 aromatic carbocycles. The van der Waals surface area contributed by atoms with Crippen LogP contribution in [0, 0.1) is 5.92 Å². The maximum absolute atomic E-state index is 13.0. The molecule has 1 aliphatic heterocycles. The Balaban J connectivity index is 1.59. The van der Waals surface area contributed by atoms with Crippen LogP contribution in [0.4, 0.5) is 0 Å². The third-order valence-electron chi connectivity index (χ3n) is 5.43. The zero-order valence-corrected chi connectivity index (χ0v) is 14.7. The first-order valence-electron chi connectivity index (χ1n) is 9.35. The van der Waals surface area contributed by atoms with E-state index in [0.717, 1.165) is 50.6 Å². The lowest BCUT2D eigenvalue weighted by Gasteiger charge is -2.30. The Bertz CT molecular complexity index is 731. The second-order valence-electron chi connectivity index (χ2n) is 7.24. The van der Waals surface area contributed by atoms with E-state index in [1.165, 1.54) is 12.8 Å². The van der Waals surface area contributed by atoms with Crippen molar-refractivity contribution in [2.24, 2.45) is 13.0 Å². The van der Waals surface area contributed by atoms with Crippen LogP contribution in [0.15, 0.2) is 16.9 Å². The summed E-state index contributed by atoms with van der Waals surface area (Å²) in [5.41, 5.74) is 0.809. The van der Waals surface area contributed by atoms with Gasteiger partial charge in [0.15, 0.2) is 5.82 Å². The predicted octanol–water partition coefficient (Wildman–Crippen LogP) is 3.10. The third-order valence-corrected chi connectivity index (χ3v) is 5.43. The zero-order valence-electron chi connectivity index (χ0n) is 14.7. The van der Waals surface area contributed by atoms with E-state index in [-0.39, 0.29) is 17.9 Å². The molecular formula is C18H25N5O2. The van der Waals surface area contributed by atoms with Crippen molar-refractivity contribution in [2.45, 2.75) is 57.4 Å². The fourth-order valence-electron chi connectivity index (χ4n) is 4.07. The molecule has 2 fully saturated rings. The average Bonchev–Trinajstić information content (AvgIpc) is 3.34. The molecule has 1 amide bonds. The summed E-state index contributed by atoms with van der Waals surface area (Å²) in [5, 5.41) is 8.36. The predicted molar refractivity (Wildman–Crippen MR) is 91.4 cm³/mol. The fraction of sp³-hybridized carbons (Fsp3) is 0.667. The SMILES string of the molecule is Cn1cc(-c2nc(C3CCCCCN3C(=O)C3CCCC3)no2)cn1. The van der Waals surface area contributed by atoms with E-state index in [2.05, 4.69) is 15.2 Å². The van der Waals surface area contributed by atoms with Crippen LogP contribution in [-0.4, -0.2) is 37.3 Å². The molecule has 1 aliphatic carbocycles. The summed E-state index contributed by atoms with van der Waals surface area (Å²) in [4.78, 5) is 19.7. The fourth-order valence-corrected chi connectivity index (χ4v) is 4.07. The van der Waals surface area contributed by atoms with Crippen LogP contribution in [0.3, 0.4) is 0 Å². The topological polar surface area (TPSA) is 77.0 Å². The van der Waals surface area contributed by atoms with Gasteiger partial charge in [-0.05, 0) is 25.7 Å². The highest BCUT2D eigenvalue weighted by molar-refractivity contribution is 5.79. The molecule has 0 N–H and O–H groups in total. The van der Waals surface area contributed by atoms with Crippen molar-refractivity contribution < 1.29 is 9.32 Å². The van der Waals surface area contributed by atoms with E-state index >= 15 is 0 Å². The lowest BCUT2D eigenvalue weighted by atomic mass is 10.0. The van der Waals surface area contributed by atoms with Crippen LogP contribution in [0.1, 0.15) is 63.2 Å². The van der Waals surface area contributed by atoms with Crippen molar-refractivity contribution in [2.75, 3.05) is 6.54 Å². The third kappa shape index (κ3) is 3.32. The number of carbonyl (C=O) groups is 1. The molecule has 0 radical (unpaired) electrons. The number of hydrogen-bond donors (Lipinski definition) is 0.